The molecule has 21 heavy (non-hydrogen) atoms. The van der Waals surface area contributed by atoms with Gasteiger partial charge >= 0.3 is 0 Å². The van der Waals surface area contributed by atoms with E-state index in [4.69, 9.17) is 4.74 Å². The van der Waals surface area contributed by atoms with Gasteiger partial charge in [0.2, 0.25) is 5.91 Å². The van der Waals surface area contributed by atoms with Crippen LogP contribution >= 0.6 is 0 Å². The molecule has 0 saturated carbocycles. The summed E-state index contributed by atoms with van der Waals surface area (Å²) in [7, 11) is 1.76. The fraction of sp³-hybridized carbons (Fsp3) is 0.467. The molecule has 2 heterocycles. The molecule has 0 spiro atoms. The lowest BCUT2D eigenvalue weighted by Crippen LogP contribution is -2.48. The van der Waals surface area contributed by atoms with Crippen molar-refractivity contribution < 1.29 is 14.3 Å². The molecule has 1 fully saturated rings. The number of nitrogens with zero attached hydrogens (tertiary/aromatic N) is 1. The minimum Gasteiger partial charge on any atom is -0.489 e. The molecule has 1 aromatic rings. The lowest BCUT2D eigenvalue weighted by Gasteiger charge is -2.30. The minimum absolute atomic E-state index is 0.00685. The number of piperidine rings is 1. The second-order valence-electron chi connectivity index (χ2n) is 5.44. The summed E-state index contributed by atoms with van der Waals surface area (Å²) in [5, 5.41) is 6.21. The van der Waals surface area contributed by atoms with Crippen LogP contribution in [0.3, 0.4) is 0 Å². The molecule has 2 aliphatic rings. The Hall–Kier alpha value is -2.24. The maximum atomic E-state index is 12.5. The maximum absolute atomic E-state index is 12.5. The van der Waals surface area contributed by atoms with Crippen LogP contribution in [0.5, 0.6) is 5.75 Å². The van der Waals surface area contributed by atoms with Gasteiger partial charge in [0.1, 0.15) is 6.61 Å². The molecule has 6 heteroatoms. The van der Waals surface area contributed by atoms with Gasteiger partial charge in [-0.05, 0) is 18.6 Å². The fourth-order valence-corrected chi connectivity index (χ4v) is 2.74. The number of hydrogen-bond acceptors (Lipinski definition) is 4. The monoisotopic (exact) mass is 289 g/mol. The van der Waals surface area contributed by atoms with E-state index in [0.29, 0.717) is 37.3 Å². The van der Waals surface area contributed by atoms with Crippen molar-refractivity contribution in [2.45, 2.75) is 18.9 Å². The van der Waals surface area contributed by atoms with Crippen molar-refractivity contribution >= 4 is 17.5 Å². The molecule has 2 N–H and O–H groups in total. The van der Waals surface area contributed by atoms with E-state index in [-0.39, 0.29) is 17.9 Å². The highest BCUT2D eigenvalue weighted by Gasteiger charge is 2.26. The number of amides is 2. The number of likely N-dealkylation sites (N-methyl/N-ethyl adjacent to an activating group) is 1. The number of anilines is 1. The third-order valence-electron chi connectivity index (χ3n) is 3.89. The predicted octanol–water partition coefficient (Wildman–Crippen LogP) is 0.841. The zero-order valence-electron chi connectivity index (χ0n) is 12.0. The number of rotatable bonds is 2. The third-order valence-corrected chi connectivity index (χ3v) is 3.89. The van der Waals surface area contributed by atoms with E-state index in [9.17, 15) is 9.59 Å². The van der Waals surface area contributed by atoms with Gasteiger partial charge < -0.3 is 20.3 Å². The normalized spacial score (nSPS) is 21.1. The first kappa shape index (κ1) is 13.7. The number of likely N-dealkylation sites (tertiary alicyclic amines) is 1. The van der Waals surface area contributed by atoms with Crippen molar-refractivity contribution in [1.29, 1.82) is 0 Å². The number of nitrogens with one attached hydrogen (secondary N) is 2. The Bertz CT molecular complexity index is 573. The Kier molecular flexibility index (Phi) is 3.68. The van der Waals surface area contributed by atoms with E-state index in [2.05, 4.69) is 10.6 Å². The summed E-state index contributed by atoms with van der Waals surface area (Å²) in [5.41, 5.74) is 1.39. The largest absolute Gasteiger partial charge is 0.489 e. The molecular weight excluding hydrogens is 270 g/mol. The molecule has 6 nitrogen and oxygen atoms in total. The van der Waals surface area contributed by atoms with E-state index in [0.717, 1.165) is 12.2 Å². The van der Waals surface area contributed by atoms with Crippen LogP contribution in [0.2, 0.25) is 0 Å². The number of ether oxygens (including phenoxy) is 1. The van der Waals surface area contributed by atoms with Crippen molar-refractivity contribution in [3.63, 3.8) is 0 Å². The second kappa shape index (κ2) is 5.63. The molecule has 3 rings (SSSR count). The predicted molar refractivity (Wildman–Crippen MR) is 78.6 cm³/mol. The summed E-state index contributed by atoms with van der Waals surface area (Å²) >= 11 is 0. The topological polar surface area (TPSA) is 70.7 Å². The van der Waals surface area contributed by atoms with Gasteiger partial charge in [-0.15, -0.1) is 0 Å². The fourth-order valence-electron chi connectivity index (χ4n) is 2.74. The minimum atomic E-state index is -0.150. The standard InChI is InChI=1S/C15H19N3O3/c1-18-9-10(5-6-13(18)19)17-15(20)11-3-2-4-12-14(11)21-8-7-16-12/h2-4,10,16H,5-9H2,1H3,(H,17,20). The van der Waals surface area contributed by atoms with Crippen LogP contribution in [0, 0.1) is 0 Å². The van der Waals surface area contributed by atoms with Crippen LogP contribution < -0.4 is 15.4 Å². The van der Waals surface area contributed by atoms with Crippen molar-refractivity contribution in [2.75, 3.05) is 32.1 Å². The SMILES string of the molecule is CN1CC(NC(=O)c2cccc3c2OCCN3)CCC1=O. The molecule has 1 saturated heterocycles. The van der Waals surface area contributed by atoms with Gasteiger partial charge in [0.15, 0.2) is 5.75 Å². The summed E-state index contributed by atoms with van der Waals surface area (Å²) in [6.45, 7) is 1.85. The molecule has 2 amide bonds. The van der Waals surface area contributed by atoms with Crippen LogP contribution in [0.25, 0.3) is 0 Å². The molecule has 2 aliphatic heterocycles. The van der Waals surface area contributed by atoms with E-state index in [1.165, 1.54) is 0 Å². The highest BCUT2D eigenvalue weighted by molar-refractivity contribution is 5.99. The van der Waals surface area contributed by atoms with Crippen molar-refractivity contribution in [3.8, 4) is 5.75 Å². The molecule has 0 bridgehead atoms. The molecular formula is C15H19N3O3. The quantitative estimate of drug-likeness (QED) is 0.846. The average Bonchev–Trinajstić information content (AvgIpc) is 2.50. The van der Waals surface area contributed by atoms with Crippen LogP contribution in [-0.4, -0.2) is 49.5 Å². The van der Waals surface area contributed by atoms with E-state index < -0.39 is 0 Å². The zero-order chi connectivity index (χ0) is 14.8. The van der Waals surface area contributed by atoms with Gasteiger partial charge in [-0.25, -0.2) is 0 Å². The highest BCUT2D eigenvalue weighted by atomic mass is 16.5. The first-order chi connectivity index (χ1) is 10.1. The van der Waals surface area contributed by atoms with Gasteiger partial charge in [0.05, 0.1) is 11.3 Å². The first-order valence-electron chi connectivity index (χ1n) is 7.19. The molecule has 1 unspecified atom stereocenters. The van der Waals surface area contributed by atoms with Gasteiger partial charge in [-0.2, -0.15) is 0 Å². The molecule has 1 aromatic carbocycles. The van der Waals surface area contributed by atoms with Gasteiger partial charge in [0, 0.05) is 32.6 Å². The highest BCUT2D eigenvalue weighted by Crippen LogP contribution is 2.31. The lowest BCUT2D eigenvalue weighted by molar-refractivity contribution is -0.132. The molecule has 1 atom stereocenters. The summed E-state index contributed by atoms with van der Waals surface area (Å²) < 4.78 is 5.62. The number of carbonyl (C=O) groups excluding carboxylic acids is 2. The molecule has 0 radical (unpaired) electrons. The van der Waals surface area contributed by atoms with Gasteiger partial charge in [-0.3, -0.25) is 9.59 Å². The Morgan fingerprint density at radius 1 is 1.48 bits per heavy atom. The second-order valence-corrected chi connectivity index (χ2v) is 5.44. The Morgan fingerprint density at radius 3 is 3.14 bits per heavy atom. The Morgan fingerprint density at radius 2 is 2.33 bits per heavy atom. The third kappa shape index (κ3) is 2.79. The Labute approximate surface area is 123 Å². The van der Waals surface area contributed by atoms with Crippen molar-refractivity contribution in [3.05, 3.63) is 23.8 Å². The zero-order valence-corrected chi connectivity index (χ0v) is 12.0. The lowest BCUT2D eigenvalue weighted by atomic mass is 10.0. The van der Waals surface area contributed by atoms with Gasteiger partial charge in [-0.1, -0.05) is 6.07 Å². The summed E-state index contributed by atoms with van der Waals surface area (Å²) in [4.78, 5) is 25.6. The summed E-state index contributed by atoms with van der Waals surface area (Å²) in [6.07, 6.45) is 1.16. The molecule has 0 aliphatic carbocycles. The summed E-state index contributed by atoms with van der Waals surface area (Å²) in [5.74, 6) is 0.593. The van der Waals surface area contributed by atoms with E-state index in [1.807, 2.05) is 12.1 Å². The van der Waals surface area contributed by atoms with Crippen LogP contribution in [0.4, 0.5) is 5.69 Å². The van der Waals surface area contributed by atoms with E-state index in [1.54, 1.807) is 18.0 Å². The van der Waals surface area contributed by atoms with Gasteiger partial charge in [0.25, 0.3) is 5.91 Å². The molecule has 0 aromatic heterocycles. The summed E-state index contributed by atoms with van der Waals surface area (Å²) in [6, 6.07) is 5.50. The Balaban J connectivity index is 1.73. The number of hydrogen-bond donors (Lipinski definition) is 2. The smallest absolute Gasteiger partial charge is 0.255 e. The number of fused-ring (bicyclic) bond motifs is 1. The average molecular weight is 289 g/mol. The van der Waals surface area contributed by atoms with Crippen LogP contribution in [-0.2, 0) is 4.79 Å². The first-order valence-corrected chi connectivity index (χ1v) is 7.19. The molecule has 112 valence electrons. The van der Waals surface area contributed by atoms with Crippen molar-refractivity contribution in [1.82, 2.24) is 10.2 Å². The maximum Gasteiger partial charge on any atom is 0.255 e. The van der Waals surface area contributed by atoms with Crippen LogP contribution in [0.15, 0.2) is 18.2 Å². The number of benzene rings is 1. The van der Waals surface area contributed by atoms with Crippen molar-refractivity contribution in [2.24, 2.45) is 0 Å². The number of para-hydroxylation sites is 1. The van der Waals surface area contributed by atoms with Crippen LogP contribution in [0.1, 0.15) is 23.2 Å². The van der Waals surface area contributed by atoms with E-state index >= 15 is 0 Å². The number of carbonyl (C=O) groups is 2.